The van der Waals surface area contributed by atoms with E-state index in [9.17, 15) is 0 Å². The van der Waals surface area contributed by atoms with E-state index in [-0.39, 0.29) is 0 Å². The van der Waals surface area contributed by atoms with E-state index in [0.717, 1.165) is 23.7 Å². The molecule has 0 amide bonds. The van der Waals surface area contributed by atoms with Crippen LogP contribution in [-0.4, -0.2) is 8.07 Å². The molecule has 0 aromatic rings. The van der Waals surface area contributed by atoms with E-state index in [0.29, 0.717) is 10.8 Å². The van der Waals surface area contributed by atoms with Gasteiger partial charge in [0.25, 0.3) is 0 Å². The zero-order valence-corrected chi connectivity index (χ0v) is 17.6. The van der Waals surface area contributed by atoms with E-state index in [1.54, 1.807) is 0 Å². The van der Waals surface area contributed by atoms with Crippen molar-refractivity contribution in [1.82, 2.24) is 0 Å². The molecule has 0 bridgehead atoms. The maximum atomic E-state index is 2.53. The summed E-state index contributed by atoms with van der Waals surface area (Å²) in [5.41, 5.74) is 0.947. The highest BCUT2D eigenvalue weighted by Crippen LogP contribution is 2.55. The Balaban J connectivity index is 2.71. The van der Waals surface area contributed by atoms with Gasteiger partial charge in [0.05, 0.1) is 0 Å². The van der Waals surface area contributed by atoms with Crippen LogP contribution in [0.2, 0.25) is 25.7 Å². The van der Waals surface area contributed by atoms with Gasteiger partial charge >= 0.3 is 0 Å². The lowest BCUT2D eigenvalue weighted by atomic mass is 9.52. The Morgan fingerprint density at radius 3 is 1.90 bits per heavy atom. The molecule has 126 valence electrons. The van der Waals surface area contributed by atoms with Gasteiger partial charge < -0.3 is 0 Å². The predicted octanol–water partition coefficient (Wildman–Crippen LogP) is 7.09. The van der Waals surface area contributed by atoms with Gasteiger partial charge in [0.15, 0.2) is 0 Å². The van der Waals surface area contributed by atoms with Crippen LogP contribution in [0.1, 0.15) is 67.7 Å². The average Bonchev–Trinajstić information content (AvgIpc) is 2.20. The first kappa shape index (κ1) is 19.3. The SMILES string of the molecule is CC(C1CC(CC[Si](C)(C)C)C1CC(C)(C)C)C(C)(C)C. The van der Waals surface area contributed by atoms with E-state index in [2.05, 4.69) is 68.1 Å². The second-order valence-electron chi connectivity index (χ2n) is 11.3. The first-order valence-electron chi connectivity index (χ1n) is 9.21. The lowest BCUT2D eigenvalue weighted by Gasteiger charge is -2.53. The summed E-state index contributed by atoms with van der Waals surface area (Å²) in [5, 5.41) is 0. The summed E-state index contributed by atoms with van der Waals surface area (Å²) in [6.07, 6.45) is 4.43. The molecular weight excluding hydrogens is 268 g/mol. The van der Waals surface area contributed by atoms with Crippen molar-refractivity contribution in [1.29, 1.82) is 0 Å². The second kappa shape index (κ2) is 6.38. The molecule has 0 aromatic heterocycles. The second-order valence-corrected chi connectivity index (χ2v) is 17.0. The highest BCUT2D eigenvalue weighted by atomic mass is 28.3. The first-order valence-corrected chi connectivity index (χ1v) is 12.9. The molecule has 0 radical (unpaired) electrons. The molecule has 0 heterocycles. The smallest absolute Gasteiger partial charge is 0.0442 e. The standard InChI is InChI=1S/C20H42Si/c1-15(20(5,6)7)17-13-16(11-12-21(8,9)10)18(17)14-19(2,3)4/h15-18H,11-14H2,1-10H3. The van der Waals surface area contributed by atoms with Crippen LogP contribution in [0.15, 0.2) is 0 Å². The van der Waals surface area contributed by atoms with Crippen LogP contribution >= 0.6 is 0 Å². The lowest BCUT2D eigenvalue weighted by Crippen LogP contribution is -2.46. The molecular formula is C20H42Si. The fourth-order valence-electron chi connectivity index (χ4n) is 4.05. The summed E-state index contributed by atoms with van der Waals surface area (Å²) in [4.78, 5) is 0. The van der Waals surface area contributed by atoms with E-state index in [1.807, 2.05) is 0 Å². The third-order valence-corrected chi connectivity index (χ3v) is 7.64. The number of rotatable bonds is 5. The topological polar surface area (TPSA) is 0 Å². The molecule has 4 unspecified atom stereocenters. The molecule has 1 aliphatic carbocycles. The molecule has 0 spiro atoms. The van der Waals surface area contributed by atoms with Crippen molar-refractivity contribution >= 4 is 8.07 Å². The summed E-state index contributed by atoms with van der Waals surface area (Å²) < 4.78 is 0. The van der Waals surface area contributed by atoms with Crippen molar-refractivity contribution in [2.45, 2.75) is 93.4 Å². The van der Waals surface area contributed by atoms with Crippen molar-refractivity contribution in [3.05, 3.63) is 0 Å². The monoisotopic (exact) mass is 310 g/mol. The number of hydrogen-bond acceptors (Lipinski definition) is 0. The van der Waals surface area contributed by atoms with Gasteiger partial charge in [0, 0.05) is 8.07 Å². The Morgan fingerprint density at radius 2 is 1.52 bits per heavy atom. The van der Waals surface area contributed by atoms with Gasteiger partial charge in [-0.25, -0.2) is 0 Å². The Morgan fingerprint density at radius 1 is 1.00 bits per heavy atom. The average molecular weight is 311 g/mol. The quantitative estimate of drug-likeness (QED) is 0.476. The maximum absolute atomic E-state index is 2.53. The van der Waals surface area contributed by atoms with Crippen molar-refractivity contribution in [2.24, 2.45) is 34.5 Å². The fraction of sp³-hybridized carbons (Fsp3) is 1.00. The Bertz CT molecular complexity index is 323. The summed E-state index contributed by atoms with van der Waals surface area (Å²) in [5.74, 6) is 3.82. The van der Waals surface area contributed by atoms with Gasteiger partial charge in [0.2, 0.25) is 0 Å². The zero-order valence-electron chi connectivity index (χ0n) is 16.6. The summed E-state index contributed by atoms with van der Waals surface area (Å²) in [6.45, 7) is 24.7. The Hall–Kier alpha value is 0.217. The van der Waals surface area contributed by atoms with Crippen molar-refractivity contribution in [2.75, 3.05) is 0 Å². The highest BCUT2D eigenvalue weighted by Gasteiger charge is 2.47. The van der Waals surface area contributed by atoms with Gasteiger partial charge in [-0.15, -0.1) is 0 Å². The minimum Gasteiger partial charge on any atom is -0.0695 e. The minimum atomic E-state index is -0.876. The molecule has 1 rings (SSSR count). The number of hydrogen-bond donors (Lipinski definition) is 0. The predicted molar refractivity (Wildman–Crippen MR) is 101 cm³/mol. The Labute approximate surface area is 136 Å². The first-order chi connectivity index (χ1) is 9.21. The maximum Gasteiger partial charge on any atom is 0.0442 e. The summed E-state index contributed by atoms with van der Waals surface area (Å²) in [7, 11) is -0.876. The molecule has 4 atom stereocenters. The third kappa shape index (κ3) is 6.08. The minimum absolute atomic E-state index is 0.463. The van der Waals surface area contributed by atoms with Gasteiger partial charge in [-0.1, -0.05) is 80.6 Å². The lowest BCUT2D eigenvalue weighted by molar-refractivity contribution is -0.0350. The van der Waals surface area contributed by atoms with Gasteiger partial charge in [-0.05, 0) is 47.3 Å². The zero-order chi connectivity index (χ0) is 16.6. The van der Waals surface area contributed by atoms with E-state index < -0.39 is 8.07 Å². The van der Waals surface area contributed by atoms with Gasteiger partial charge in [-0.2, -0.15) is 0 Å². The van der Waals surface area contributed by atoms with Crippen LogP contribution in [0.3, 0.4) is 0 Å². The molecule has 0 aliphatic heterocycles. The van der Waals surface area contributed by atoms with Gasteiger partial charge in [-0.3, -0.25) is 0 Å². The molecule has 1 heteroatoms. The van der Waals surface area contributed by atoms with Gasteiger partial charge in [0.1, 0.15) is 0 Å². The van der Waals surface area contributed by atoms with Crippen LogP contribution in [0.25, 0.3) is 0 Å². The molecule has 1 saturated carbocycles. The van der Waals surface area contributed by atoms with Crippen LogP contribution in [0, 0.1) is 34.5 Å². The fourth-order valence-corrected chi connectivity index (χ4v) is 5.28. The molecule has 1 aliphatic rings. The largest absolute Gasteiger partial charge is 0.0695 e. The van der Waals surface area contributed by atoms with E-state index in [4.69, 9.17) is 0 Å². The van der Waals surface area contributed by atoms with Crippen molar-refractivity contribution in [3.63, 3.8) is 0 Å². The molecule has 0 N–H and O–H groups in total. The van der Waals surface area contributed by atoms with E-state index in [1.165, 1.54) is 25.3 Å². The van der Waals surface area contributed by atoms with E-state index >= 15 is 0 Å². The van der Waals surface area contributed by atoms with Crippen molar-refractivity contribution in [3.8, 4) is 0 Å². The van der Waals surface area contributed by atoms with Crippen LogP contribution in [0.4, 0.5) is 0 Å². The van der Waals surface area contributed by atoms with Crippen LogP contribution in [-0.2, 0) is 0 Å². The van der Waals surface area contributed by atoms with Crippen LogP contribution < -0.4 is 0 Å². The summed E-state index contributed by atoms with van der Waals surface area (Å²) in [6, 6.07) is 1.52. The molecule has 0 aromatic carbocycles. The normalized spacial score (nSPS) is 29.1. The molecule has 21 heavy (non-hydrogen) atoms. The summed E-state index contributed by atoms with van der Waals surface area (Å²) >= 11 is 0. The van der Waals surface area contributed by atoms with Crippen LogP contribution in [0.5, 0.6) is 0 Å². The van der Waals surface area contributed by atoms with Crippen molar-refractivity contribution < 1.29 is 0 Å². The molecule has 1 fully saturated rings. The molecule has 0 saturated heterocycles. The Kier molecular flexibility index (Phi) is 5.85. The highest BCUT2D eigenvalue weighted by molar-refractivity contribution is 6.76. The molecule has 0 nitrogen and oxygen atoms in total. The third-order valence-electron chi connectivity index (χ3n) is 5.85.